The Hall–Kier alpha value is -1.59. The molecule has 2 fully saturated rings. The predicted octanol–water partition coefficient (Wildman–Crippen LogP) is 0.524. The summed E-state index contributed by atoms with van der Waals surface area (Å²) in [4.78, 5) is 14.0. The van der Waals surface area contributed by atoms with E-state index in [0.717, 1.165) is 17.9 Å². The van der Waals surface area contributed by atoms with Crippen molar-refractivity contribution in [3.8, 4) is 5.75 Å². The van der Waals surface area contributed by atoms with E-state index in [9.17, 15) is 4.79 Å². The lowest BCUT2D eigenvalue weighted by molar-refractivity contribution is -0.125. The molecule has 96 valence electrons. The molecule has 1 aromatic rings. The molecule has 0 saturated carbocycles. The highest BCUT2D eigenvalue weighted by molar-refractivity contribution is 5.84. The molecule has 2 heterocycles. The molecule has 0 bridgehead atoms. The highest BCUT2D eigenvalue weighted by atomic mass is 16.5. The summed E-state index contributed by atoms with van der Waals surface area (Å²) in [5.41, 5.74) is 1.05. The van der Waals surface area contributed by atoms with Gasteiger partial charge in [0.05, 0.1) is 20.3 Å². The summed E-state index contributed by atoms with van der Waals surface area (Å²) in [6, 6.07) is 7.65. The maximum atomic E-state index is 11.9. The smallest absolute Gasteiger partial charge is 0.241 e. The lowest BCUT2D eigenvalue weighted by Crippen LogP contribution is -2.44. The molecule has 18 heavy (non-hydrogen) atoms. The van der Waals surface area contributed by atoms with Crippen LogP contribution in [0.1, 0.15) is 11.7 Å². The van der Waals surface area contributed by atoms with Crippen LogP contribution in [0.5, 0.6) is 5.75 Å². The van der Waals surface area contributed by atoms with Gasteiger partial charge in [-0.1, -0.05) is 12.1 Å². The SMILES string of the molecule is COc1cccc([C@H]2NC(=O)[C@H]3COCCN32)c1. The van der Waals surface area contributed by atoms with Crippen molar-refractivity contribution in [2.75, 3.05) is 26.9 Å². The van der Waals surface area contributed by atoms with Crippen molar-refractivity contribution in [2.24, 2.45) is 0 Å². The summed E-state index contributed by atoms with van der Waals surface area (Å²) in [5, 5.41) is 3.01. The zero-order valence-electron chi connectivity index (χ0n) is 10.3. The molecule has 2 aliphatic heterocycles. The summed E-state index contributed by atoms with van der Waals surface area (Å²) >= 11 is 0. The van der Waals surface area contributed by atoms with E-state index in [4.69, 9.17) is 9.47 Å². The Kier molecular flexibility index (Phi) is 2.93. The molecule has 5 nitrogen and oxygen atoms in total. The maximum Gasteiger partial charge on any atom is 0.241 e. The Balaban J connectivity index is 1.89. The van der Waals surface area contributed by atoms with Crippen LogP contribution in [0.2, 0.25) is 0 Å². The summed E-state index contributed by atoms with van der Waals surface area (Å²) in [6.07, 6.45) is -0.0681. The Morgan fingerprint density at radius 2 is 2.39 bits per heavy atom. The molecule has 0 unspecified atom stereocenters. The Morgan fingerprint density at radius 1 is 1.50 bits per heavy atom. The van der Waals surface area contributed by atoms with Crippen LogP contribution in [0.4, 0.5) is 0 Å². The molecule has 2 saturated heterocycles. The van der Waals surface area contributed by atoms with Crippen molar-refractivity contribution in [3.05, 3.63) is 29.8 Å². The largest absolute Gasteiger partial charge is 0.497 e. The molecule has 3 rings (SSSR count). The second kappa shape index (κ2) is 4.59. The third-order valence-electron chi connectivity index (χ3n) is 3.49. The van der Waals surface area contributed by atoms with Gasteiger partial charge in [0.25, 0.3) is 0 Å². The molecule has 2 atom stereocenters. The number of nitrogens with zero attached hydrogens (tertiary/aromatic N) is 1. The van der Waals surface area contributed by atoms with Crippen molar-refractivity contribution in [3.63, 3.8) is 0 Å². The number of rotatable bonds is 2. The van der Waals surface area contributed by atoms with Crippen LogP contribution >= 0.6 is 0 Å². The minimum atomic E-state index is -0.157. The zero-order valence-corrected chi connectivity index (χ0v) is 10.3. The fourth-order valence-corrected chi connectivity index (χ4v) is 2.55. The molecule has 0 spiro atoms. The normalized spacial score (nSPS) is 27.7. The fourth-order valence-electron chi connectivity index (χ4n) is 2.55. The summed E-state index contributed by atoms with van der Waals surface area (Å²) in [5.74, 6) is 0.848. The average Bonchev–Trinajstić information content (AvgIpc) is 2.77. The fraction of sp³-hybridized carbons (Fsp3) is 0.462. The highest BCUT2D eigenvalue weighted by Gasteiger charge is 2.42. The van der Waals surface area contributed by atoms with Gasteiger partial charge in [0, 0.05) is 6.54 Å². The van der Waals surface area contributed by atoms with Gasteiger partial charge in [0.1, 0.15) is 18.0 Å². The number of amides is 1. The number of carbonyl (C=O) groups excluding carboxylic acids is 1. The first-order chi connectivity index (χ1) is 8.79. The van der Waals surface area contributed by atoms with E-state index >= 15 is 0 Å². The number of carbonyl (C=O) groups is 1. The molecule has 0 radical (unpaired) electrons. The van der Waals surface area contributed by atoms with E-state index in [1.807, 2.05) is 24.3 Å². The molecule has 0 aromatic heterocycles. The number of fused-ring (bicyclic) bond motifs is 1. The van der Waals surface area contributed by atoms with Crippen LogP contribution in [0.15, 0.2) is 24.3 Å². The van der Waals surface area contributed by atoms with Crippen molar-refractivity contribution in [2.45, 2.75) is 12.2 Å². The third kappa shape index (κ3) is 1.85. The van der Waals surface area contributed by atoms with E-state index in [1.54, 1.807) is 7.11 Å². The first-order valence-corrected chi connectivity index (χ1v) is 6.07. The predicted molar refractivity (Wildman–Crippen MR) is 65.2 cm³/mol. The van der Waals surface area contributed by atoms with Gasteiger partial charge in [-0.05, 0) is 17.7 Å². The second-order valence-corrected chi connectivity index (χ2v) is 4.52. The Labute approximate surface area is 106 Å². The van der Waals surface area contributed by atoms with Gasteiger partial charge < -0.3 is 14.8 Å². The molecular formula is C13H16N2O3. The van der Waals surface area contributed by atoms with E-state index in [0.29, 0.717) is 13.2 Å². The van der Waals surface area contributed by atoms with Gasteiger partial charge in [-0.25, -0.2) is 0 Å². The quantitative estimate of drug-likeness (QED) is 0.829. The van der Waals surface area contributed by atoms with Crippen LogP contribution in [0, 0.1) is 0 Å². The number of nitrogens with one attached hydrogen (secondary N) is 1. The molecule has 0 aliphatic carbocycles. The topological polar surface area (TPSA) is 50.8 Å². The zero-order chi connectivity index (χ0) is 12.5. The number of benzene rings is 1. The highest BCUT2D eigenvalue weighted by Crippen LogP contribution is 2.29. The van der Waals surface area contributed by atoms with E-state index in [2.05, 4.69) is 10.2 Å². The first-order valence-electron chi connectivity index (χ1n) is 6.07. The monoisotopic (exact) mass is 248 g/mol. The van der Waals surface area contributed by atoms with E-state index in [-0.39, 0.29) is 18.1 Å². The van der Waals surface area contributed by atoms with Gasteiger partial charge in [-0.2, -0.15) is 0 Å². The van der Waals surface area contributed by atoms with Crippen LogP contribution in [-0.4, -0.2) is 43.7 Å². The molecule has 1 aromatic carbocycles. The van der Waals surface area contributed by atoms with Crippen molar-refractivity contribution < 1.29 is 14.3 Å². The molecule has 1 N–H and O–H groups in total. The van der Waals surface area contributed by atoms with Crippen LogP contribution < -0.4 is 10.1 Å². The second-order valence-electron chi connectivity index (χ2n) is 4.52. The summed E-state index contributed by atoms with van der Waals surface area (Å²) in [7, 11) is 1.64. The minimum Gasteiger partial charge on any atom is -0.497 e. The summed E-state index contributed by atoms with van der Waals surface area (Å²) < 4.78 is 10.6. The van der Waals surface area contributed by atoms with Crippen molar-refractivity contribution in [1.82, 2.24) is 10.2 Å². The minimum absolute atomic E-state index is 0.0440. The van der Waals surface area contributed by atoms with Gasteiger partial charge in [0.2, 0.25) is 5.91 Å². The molecule has 2 aliphatic rings. The van der Waals surface area contributed by atoms with Gasteiger partial charge >= 0.3 is 0 Å². The van der Waals surface area contributed by atoms with Crippen LogP contribution in [-0.2, 0) is 9.53 Å². The number of morpholine rings is 1. The number of hydrogen-bond acceptors (Lipinski definition) is 4. The lowest BCUT2D eigenvalue weighted by Gasteiger charge is -2.31. The standard InChI is InChI=1S/C13H16N2O3/c1-17-10-4-2-3-9(7-10)12-14-13(16)11-8-18-6-5-15(11)12/h2-4,7,11-12H,5-6,8H2,1H3,(H,14,16)/t11-,12+/m1/s1. The summed E-state index contributed by atoms with van der Waals surface area (Å²) in [6.45, 7) is 1.92. The van der Waals surface area contributed by atoms with Crippen molar-refractivity contribution >= 4 is 5.91 Å². The average molecular weight is 248 g/mol. The molecule has 5 heteroatoms. The van der Waals surface area contributed by atoms with Crippen molar-refractivity contribution in [1.29, 1.82) is 0 Å². The lowest BCUT2D eigenvalue weighted by atomic mass is 10.1. The molecule has 1 amide bonds. The number of hydrogen-bond donors (Lipinski definition) is 1. The Bertz CT molecular complexity index is 463. The van der Waals surface area contributed by atoms with Gasteiger partial charge in [-0.15, -0.1) is 0 Å². The van der Waals surface area contributed by atoms with E-state index < -0.39 is 0 Å². The first kappa shape index (κ1) is 11.5. The van der Waals surface area contributed by atoms with Crippen LogP contribution in [0.3, 0.4) is 0 Å². The van der Waals surface area contributed by atoms with E-state index in [1.165, 1.54) is 0 Å². The Morgan fingerprint density at radius 3 is 3.22 bits per heavy atom. The van der Waals surface area contributed by atoms with Gasteiger partial charge in [-0.3, -0.25) is 9.69 Å². The maximum absolute atomic E-state index is 11.9. The van der Waals surface area contributed by atoms with Crippen LogP contribution in [0.25, 0.3) is 0 Å². The van der Waals surface area contributed by atoms with Gasteiger partial charge in [0.15, 0.2) is 0 Å². The molecular weight excluding hydrogens is 232 g/mol. The number of ether oxygens (including phenoxy) is 2. The number of methoxy groups -OCH3 is 1. The third-order valence-corrected chi connectivity index (χ3v) is 3.49.